The lowest BCUT2D eigenvalue weighted by molar-refractivity contribution is 0.0660. The molecule has 2 fully saturated rings. The number of carbonyl (C=O) groups is 1. The Hall–Kier alpha value is -2.28. The zero-order valence-corrected chi connectivity index (χ0v) is 16.7. The molecule has 2 aliphatic rings. The van der Waals surface area contributed by atoms with E-state index in [2.05, 4.69) is 10.1 Å². The van der Waals surface area contributed by atoms with Gasteiger partial charge in [-0.15, -0.1) is 0 Å². The maximum absolute atomic E-state index is 11.9. The van der Waals surface area contributed by atoms with Crippen LogP contribution in [0.2, 0.25) is 0 Å². The van der Waals surface area contributed by atoms with Crippen LogP contribution in [-0.4, -0.2) is 67.0 Å². The Morgan fingerprint density at radius 2 is 1.93 bits per heavy atom. The van der Waals surface area contributed by atoms with Gasteiger partial charge in [-0.05, 0) is 63.9 Å². The summed E-state index contributed by atoms with van der Waals surface area (Å²) in [4.78, 5) is 16.3. The smallest absolute Gasteiger partial charge is 0.409 e. The van der Waals surface area contributed by atoms with Crippen molar-refractivity contribution in [1.82, 2.24) is 15.0 Å². The van der Waals surface area contributed by atoms with Crippen LogP contribution in [0.5, 0.6) is 5.75 Å². The minimum atomic E-state index is -0.173. The number of carbonyl (C=O) groups excluding carboxylic acids is 1. The largest absolute Gasteiger partial charge is 0.497 e. The number of likely N-dealkylation sites (tertiary alicyclic amines) is 2. The molecule has 0 spiro atoms. The van der Waals surface area contributed by atoms with Crippen LogP contribution >= 0.6 is 0 Å². The number of aromatic nitrogens is 1. The molecule has 2 aliphatic heterocycles. The summed E-state index contributed by atoms with van der Waals surface area (Å²) >= 11 is 0. The summed E-state index contributed by atoms with van der Waals surface area (Å²) < 4.78 is 16.0. The predicted octanol–water partition coefficient (Wildman–Crippen LogP) is 3.64. The third-order valence-corrected chi connectivity index (χ3v) is 6.13. The summed E-state index contributed by atoms with van der Waals surface area (Å²) in [5, 5.41) is 5.44. The minimum Gasteiger partial charge on any atom is -0.497 e. The zero-order chi connectivity index (χ0) is 19.5. The highest BCUT2D eigenvalue weighted by Gasteiger charge is 2.31. The quantitative estimate of drug-likeness (QED) is 0.798. The second kappa shape index (κ2) is 8.39. The van der Waals surface area contributed by atoms with Crippen LogP contribution in [-0.2, 0) is 4.74 Å². The number of rotatable bonds is 4. The lowest BCUT2D eigenvalue weighted by atomic mass is 9.89. The number of piperidine rings is 2. The Labute approximate surface area is 165 Å². The average molecular weight is 387 g/mol. The van der Waals surface area contributed by atoms with E-state index >= 15 is 0 Å². The molecule has 1 amide bonds. The number of methoxy groups -OCH3 is 1. The standard InChI is InChI=1S/C21H29N3O4/c1-3-27-21(25)24-12-8-16(9-13-24)23-10-6-15(7-11-23)20-18-14-17(26-2)4-5-19(18)28-22-20/h4-5,14-16H,3,6-13H2,1-2H3. The molecule has 1 aromatic heterocycles. The molecule has 2 aromatic rings. The third kappa shape index (κ3) is 3.81. The van der Waals surface area contributed by atoms with Gasteiger partial charge in [0.2, 0.25) is 0 Å². The van der Waals surface area contributed by atoms with E-state index in [0.29, 0.717) is 18.6 Å². The molecule has 152 valence electrons. The molecule has 2 saturated heterocycles. The van der Waals surface area contributed by atoms with Gasteiger partial charge in [0, 0.05) is 30.4 Å². The summed E-state index contributed by atoms with van der Waals surface area (Å²) in [6.07, 6.45) is 4.03. The molecule has 7 heteroatoms. The highest BCUT2D eigenvalue weighted by Crippen LogP contribution is 2.35. The first kappa shape index (κ1) is 19.1. The minimum absolute atomic E-state index is 0.173. The Kier molecular flexibility index (Phi) is 5.71. The first-order valence-electron chi connectivity index (χ1n) is 10.3. The fourth-order valence-corrected chi connectivity index (χ4v) is 4.52. The average Bonchev–Trinajstić information content (AvgIpc) is 3.17. The van der Waals surface area contributed by atoms with Crippen molar-refractivity contribution >= 4 is 17.1 Å². The molecule has 3 heterocycles. The van der Waals surface area contributed by atoms with Gasteiger partial charge in [-0.2, -0.15) is 0 Å². The highest BCUT2D eigenvalue weighted by atomic mass is 16.6. The normalized spacial score (nSPS) is 19.9. The van der Waals surface area contributed by atoms with Crippen LogP contribution in [0.3, 0.4) is 0 Å². The van der Waals surface area contributed by atoms with E-state index in [9.17, 15) is 4.79 Å². The van der Waals surface area contributed by atoms with E-state index in [1.807, 2.05) is 30.0 Å². The summed E-state index contributed by atoms with van der Waals surface area (Å²) in [7, 11) is 1.68. The van der Waals surface area contributed by atoms with E-state index in [0.717, 1.165) is 74.3 Å². The highest BCUT2D eigenvalue weighted by molar-refractivity contribution is 5.81. The van der Waals surface area contributed by atoms with Crippen LogP contribution in [0.1, 0.15) is 44.2 Å². The Balaban J connectivity index is 1.34. The zero-order valence-electron chi connectivity index (χ0n) is 16.7. The van der Waals surface area contributed by atoms with Crippen molar-refractivity contribution in [3.8, 4) is 5.75 Å². The molecular formula is C21H29N3O4. The second-order valence-corrected chi connectivity index (χ2v) is 7.66. The second-order valence-electron chi connectivity index (χ2n) is 7.66. The van der Waals surface area contributed by atoms with Crippen molar-refractivity contribution in [2.24, 2.45) is 0 Å². The van der Waals surface area contributed by atoms with E-state index in [-0.39, 0.29) is 6.09 Å². The van der Waals surface area contributed by atoms with E-state index in [1.54, 1.807) is 7.11 Å². The molecule has 0 bridgehead atoms. The SMILES string of the molecule is CCOC(=O)N1CCC(N2CCC(c3noc4ccc(OC)cc34)CC2)CC1. The lowest BCUT2D eigenvalue weighted by Gasteiger charge is -2.41. The molecule has 0 unspecified atom stereocenters. The van der Waals surface area contributed by atoms with Gasteiger partial charge in [0.1, 0.15) is 5.75 Å². The molecule has 1 aromatic carbocycles. The molecule has 0 atom stereocenters. The third-order valence-electron chi connectivity index (χ3n) is 6.13. The van der Waals surface area contributed by atoms with Crippen molar-refractivity contribution in [2.45, 2.75) is 44.6 Å². The van der Waals surface area contributed by atoms with Gasteiger partial charge in [-0.1, -0.05) is 5.16 Å². The molecule has 28 heavy (non-hydrogen) atoms. The topological polar surface area (TPSA) is 68.0 Å². The Bertz CT molecular complexity index is 805. The van der Waals surface area contributed by atoms with Crippen LogP contribution in [0.25, 0.3) is 11.0 Å². The number of hydrogen-bond donors (Lipinski definition) is 0. The van der Waals surface area contributed by atoms with Gasteiger partial charge in [0.05, 0.1) is 19.4 Å². The number of benzene rings is 1. The summed E-state index contributed by atoms with van der Waals surface area (Å²) in [5.41, 5.74) is 1.88. The van der Waals surface area contributed by atoms with E-state index < -0.39 is 0 Å². The summed E-state index contributed by atoms with van der Waals surface area (Å²) in [6.45, 7) is 5.99. The van der Waals surface area contributed by atoms with Crippen LogP contribution < -0.4 is 4.74 Å². The monoisotopic (exact) mass is 387 g/mol. The van der Waals surface area contributed by atoms with E-state index in [4.69, 9.17) is 14.0 Å². The number of nitrogens with zero attached hydrogens (tertiary/aromatic N) is 3. The maximum Gasteiger partial charge on any atom is 0.409 e. The van der Waals surface area contributed by atoms with Crippen LogP contribution in [0.15, 0.2) is 22.7 Å². The first-order valence-corrected chi connectivity index (χ1v) is 10.3. The predicted molar refractivity (Wildman–Crippen MR) is 106 cm³/mol. The molecule has 0 N–H and O–H groups in total. The fourth-order valence-electron chi connectivity index (χ4n) is 4.52. The number of hydrogen-bond acceptors (Lipinski definition) is 6. The number of ether oxygens (including phenoxy) is 2. The van der Waals surface area contributed by atoms with Gasteiger partial charge < -0.3 is 23.8 Å². The maximum atomic E-state index is 11.9. The van der Waals surface area contributed by atoms with Gasteiger partial charge in [-0.3, -0.25) is 0 Å². The van der Waals surface area contributed by atoms with Crippen molar-refractivity contribution in [3.63, 3.8) is 0 Å². The van der Waals surface area contributed by atoms with Gasteiger partial charge in [-0.25, -0.2) is 4.79 Å². The molecule has 0 saturated carbocycles. The molecule has 0 aliphatic carbocycles. The van der Waals surface area contributed by atoms with Gasteiger partial charge >= 0.3 is 6.09 Å². The summed E-state index contributed by atoms with van der Waals surface area (Å²) in [6, 6.07) is 6.42. The first-order chi connectivity index (χ1) is 13.7. The van der Waals surface area contributed by atoms with Crippen molar-refractivity contribution in [1.29, 1.82) is 0 Å². The van der Waals surface area contributed by atoms with Gasteiger partial charge in [0.25, 0.3) is 0 Å². The Morgan fingerprint density at radius 3 is 2.61 bits per heavy atom. The number of fused-ring (bicyclic) bond motifs is 1. The van der Waals surface area contributed by atoms with Crippen LogP contribution in [0.4, 0.5) is 4.79 Å². The molecular weight excluding hydrogens is 358 g/mol. The van der Waals surface area contributed by atoms with Crippen molar-refractivity contribution in [3.05, 3.63) is 23.9 Å². The van der Waals surface area contributed by atoms with Crippen molar-refractivity contribution in [2.75, 3.05) is 39.9 Å². The van der Waals surface area contributed by atoms with Crippen LogP contribution in [0, 0.1) is 0 Å². The van der Waals surface area contributed by atoms with Gasteiger partial charge in [0.15, 0.2) is 5.58 Å². The van der Waals surface area contributed by atoms with E-state index in [1.165, 1.54) is 0 Å². The lowest BCUT2D eigenvalue weighted by Crippen LogP contribution is -2.49. The number of amides is 1. The fraction of sp³-hybridized carbons (Fsp3) is 0.619. The summed E-state index contributed by atoms with van der Waals surface area (Å²) in [5.74, 6) is 1.26. The Morgan fingerprint density at radius 1 is 1.18 bits per heavy atom. The molecule has 4 rings (SSSR count). The van der Waals surface area contributed by atoms with Crippen molar-refractivity contribution < 1.29 is 18.8 Å². The molecule has 7 nitrogen and oxygen atoms in total. The molecule has 0 radical (unpaired) electrons.